The molecule has 21 heavy (non-hydrogen) atoms. The maximum absolute atomic E-state index is 11.7. The third kappa shape index (κ3) is 5.81. The van der Waals surface area contributed by atoms with Crippen molar-refractivity contribution in [3.63, 3.8) is 0 Å². The number of nitrogens with one attached hydrogen (secondary N) is 1. The molecule has 0 radical (unpaired) electrons. The highest BCUT2D eigenvalue weighted by atomic mass is 32.2. The Morgan fingerprint density at radius 1 is 1.33 bits per heavy atom. The van der Waals surface area contributed by atoms with Gasteiger partial charge < -0.3 is 9.88 Å². The van der Waals surface area contributed by atoms with Crippen molar-refractivity contribution in [3.8, 4) is 0 Å². The Kier molecular flexibility index (Phi) is 6.62. The van der Waals surface area contributed by atoms with Crippen molar-refractivity contribution >= 4 is 29.4 Å². The summed E-state index contributed by atoms with van der Waals surface area (Å²) < 4.78 is 1.80. The van der Waals surface area contributed by atoms with Crippen LogP contribution in [0.2, 0.25) is 0 Å². The van der Waals surface area contributed by atoms with Crippen LogP contribution in [0.5, 0.6) is 0 Å². The number of hydrogen-bond acceptors (Lipinski definition) is 5. The van der Waals surface area contributed by atoms with Gasteiger partial charge in [-0.1, -0.05) is 42.1 Å². The van der Waals surface area contributed by atoms with Crippen molar-refractivity contribution < 1.29 is 4.79 Å². The summed E-state index contributed by atoms with van der Waals surface area (Å²) in [6, 6.07) is 10.3. The van der Waals surface area contributed by atoms with Crippen LogP contribution in [0.15, 0.2) is 41.8 Å². The minimum Gasteiger partial charge on any atom is -0.355 e. The molecule has 1 amide bonds. The van der Waals surface area contributed by atoms with Crippen LogP contribution in [0.1, 0.15) is 5.56 Å². The molecule has 7 heteroatoms. The van der Waals surface area contributed by atoms with Crippen LogP contribution in [0.3, 0.4) is 0 Å². The van der Waals surface area contributed by atoms with Crippen molar-refractivity contribution in [1.82, 2.24) is 20.1 Å². The zero-order valence-electron chi connectivity index (χ0n) is 11.9. The molecule has 1 heterocycles. The largest absolute Gasteiger partial charge is 0.355 e. The average molecular weight is 322 g/mol. The second-order valence-corrected chi connectivity index (χ2v) is 6.45. The maximum atomic E-state index is 11.7. The summed E-state index contributed by atoms with van der Waals surface area (Å²) in [6.07, 6.45) is 1.63. The number of thioether (sulfide) groups is 2. The van der Waals surface area contributed by atoms with Crippen molar-refractivity contribution in [1.29, 1.82) is 0 Å². The Labute approximate surface area is 132 Å². The lowest BCUT2D eigenvalue weighted by molar-refractivity contribution is -0.118. The Morgan fingerprint density at radius 3 is 2.86 bits per heavy atom. The first-order valence-corrected chi connectivity index (χ1v) is 8.75. The molecule has 1 aromatic heterocycles. The molecule has 0 atom stereocenters. The van der Waals surface area contributed by atoms with Gasteiger partial charge in [-0.3, -0.25) is 4.79 Å². The summed E-state index contributed by atoms with van der Waals surface area (Å²) in [6.45, 7) is 0.690. The van der Waals surface area contributed by atoms with E-state index >= 15 is 0 Å². The number of rotatable bonds is 8. The lowest BCUT2D eigenvalue weighted by atomic mass is 10.2. The van der Waals surface area contributed by atoms with Crippen LogP contribution in [0.25, 0.3) is 0 Å². The van der Waals surface area contributed by atoms with Gasteiger partial charge in [0.05, 0.1) is 5.75 Å². The Hall–Kier alpha value is -1.47. The van der Waals surface area contributed by atoms with Gasteiger partial charge in [0, 0.05) is 25.1 Å². The van der Waals surface area contributed by atoms with Gasteiger partial charge in [-0.15, -0.1) is 10.2 Å². The van der Waals surface area contributed by atoms with Crippen LogP contribution in [0, 0.1) is 0 Å². The van der Waals surface area contributed by atoms with E-state index in [1.54, 1.807) is 10.9 Å². The van der Waals surface area contributed by atoms with E-state index in [-0.39, 0.29) is 5.91 Å². The Bertz CT molecular complexity index is 559. The number of carbonyl (C=O) groups is 1. The molecule has 2 aromatic rings. The van der Waals surface area contributed by atoms with Crippen molar-refractivity contribution in [2.24, 2.45) is 7.05 Å². The summed E-state index contributed by atoms with van der Waals surface area (Å²) in [5.41, 5.74) is 1.31. The fraction of sp³-hybridized carbons (Fsp3) is 0.357. The molecule has 0 aliphatic carbocycles. The molecule has 0 unspecified atom stereocenters. The number of carbonyl (C=O) groups excluding carboxylic acids is 1. The summed E-state index contributed by atoms with van der Waals surface area (Å²) >= 11 is 3.21. The molecule has 0 fully saturated rings. The van der Waals surface area contributed by atoms with Gasteiger partial charge in [0.1, 0.15) is 6.33 Å². The highest BCUT2D eigenvalue weighted by Crippen LogP contribution is 2.13. The van der Waals surface area contributed by atoms with E-state index in [4.69, 9.17) is 0 Å². The Balaban J connectivity index is 1.54. The van der Waals surface area contributed by atoms with Gasteiger partial charge in [0.25, 0.3) is 0 Å². The number of nitrogens with zero attached hydrogens (tertiary/aromatic N) is 3. The van der Waals surface area contributed by atoms with Gasteiger partial charge in [-0.05, 0) is 5.56 Å². The molecule has 0 saturated carbocycles. The topological polar surface area (TPSA) is 59.8 Å². The molecule has 0 saturated heterocycles. The first kappa shape index (κ1) is 15.9. The summed E-state index contributed by atoms with van der Waals surface area (Å²) in [5.74, 6) is 2.29. The summed E-state index contributed by atoms with van der Waals surface area (Å²) in [5, 5.41) is 11.4. The second kappa shape index (κ2) is 8.74. The molecular weight excluding hydrogens is 304 g/mol. The minimum atomic E-state index is 0.0308. The van der Waals surface area contributed by atoms with E-state index in [9.17, 15) is 4.79 Å². The maximum Gasteiger partial charge on any atom is 0.230 e. The molecule has 0 spiro atoms. The molecule has 5 nitrogen and oxygen atoms in total. The van der Waals surface area contributed by atoms with E-state index in [0.717, 1.165) is 16.7 Å². The molecule has 112 valence electrons. The zero-order chi connectivity index (χ0) is 14.9. The number of aryl methyl sites for hydroxylation is 1. The molecule has 2 rings (SSSR count). The van der Waals surface area contributed by atoms with E-state index in [1.807, 2.05) is 37.0 Å². The van der Waals surface area contributed by atoms with Gasteiger partial charge in [-0.25, -0.2) is 0 Å². The van der Waals surface area contributed by atoms with Crippen LogP contribution < -0.4 is 5.32 Å². The van der Waals surface area contributed by atoms with Crippen LogP contribution in [0.4, 0.5) is 0 Å². The first-order valence-electron chi connectivity index (χ1n) is 6.61. The van der Waals surface area contributed by atoms with Crippen molar-refractivity contribution in [3.05, 3.63) is 42.2 Å². The summed E-state index contributed by atoms with van der Waals surface area (Å²) in [4.78, 5) is 11.7. The lowest BCUT2D eigenvalue weighted by Crippen LogP contribution is -2.27. The lowest BCUT2D eigenvalue weighted by Gasteiger charge is -2.05. The van der Waals surface area contributed by atoms with Gasteiger partial charge in [-0.2, -0.15) is 11.8 Å². The minimum absolute atomic E-state index is 0.0308. The molecule has 0 aliphatic rings. The highest BCUT2D eigenvalue weighted by Gasteiger charge is 2.06. The number of hydrogen-bond donors (Lipinski definition) is 1. The SMILES string of the molecule is Cn1cnnc1SCC(=O)NCCSCc1ccccc1. The first-order chi connectivity index (χ1) is 10.3. The van der Waals surface area contributed by atoms with Crippen molar-refractivity contribution in [2.75, 3.05) is 18.1 Å². The number of benzene rings is 1. The molecule has 0 bridgehead atoms. The second-order valence-electron chi connectivity index (χ2n) is 4.40. The molecule has 1 N–H and O–H groups in total. The predicted molar refractivity (Wildman–Crippen MR) is 87.3 cm³/mol. The van der Waals surface area contributed by atoms with Crippen LogP contribution >= 0.6 is 23.5 Å². The number of amides is 1. The Morgan fingerprint density at radius 2 is 2.14 bits per heavy atom. The van der Waals surface area contributed by atoms with E-state index in [1.165, 1.54) is 17.3 Å². The van der Waals surface area contributed by atoms with Crippen LogP contribution in [-0.4, -0.2) is 38.7 Å². The fourth-order valence-electron chi connectivity index (χ4n) is 1.61. The molecule has 0 aliphatic heterocycles. The summed E-state index contributed by atoms with van der Waals surface area (Å²) in [7, 11) is 1.86. The smallest absolute Gasteiger partial charge is 0.230 e. The fourth-order valence-corrected chi connectivity index (χ4v) is 3.15. The third-order valence-electron chi connectivity index (χ3n) is 2.68. The van der Waals surface area contributed by atoms with Crippen molar-refractivity contribution in [2.45, 2.75) is 10.9 Å². The molecule has 1 aromatic carbocycles. The normalized spacial score (nSPS) is 10.5. The van der Waals surface area contributed by atoms with E-state index < -0.39 is 0 Å². The van der Waals surface area contributed by atoms with Crippen LogP contribution in [-0.2, 0) is 17.6 Å². The van der Waals surface area contributed by atoms with Gasteiger partial charge in [0.15, 0.2) is 5.16 Å². The average Bonchev–Trinajstić information content (AvgIpc) is 2.91. The highest BCUT2D eigenvalue weighted by molar-refractivity contribution is 7.99. The van der Waals surface area contributed by atoms with Gasteiger partial charge in [0.2, 0.25) is 5.91 Å². The third-order valence-corrected chi connectivity index (χ3v) is 4.75. The predicted octanol–water partition coefficient (Wildman–Crippen LogP) is 1.96. The van der Waals surface area contributed by atoms with Gasteiger partial charge >= 0.3 is 0 Å². The zero-order valence-corrected chi connectivity index (χ0v) is 13.5. The van der Waals surface area contributed by atoms with E-state index in [2.05, 4.69) is 27.6 Å². The monoisotopic (exact) mass is 322 g/mol. The molecular formula is C14H18N4OS2. The number of aromatic nitrogens is 3. The van der Waals surface area contributed by atoms with E-state index in [0.29, 0.717) is 12.3 Å². The quantitative estimate of drug-likeness (QED) is 0.595. The standard InChI is InChI=1S/C14H18N4OS2/c1-18-11-16-17-14(18)21-10-13(19)15-7-8-20-9-12-5-3-2-4-6-12/h2-6,11H,7-10H2,1H3,(H,15,19).